The number of hydrogen-bond donors (Lipinski definition) is 2. The zero-order valence-electron chi connectivity index (χ0n) is 12.5. The Kier molecular flexibility index (Phi) is 5.10. The molecule has 1 fully saturated rings. The van der Waals surface area contributed by atoms with E-state index < -0.39 is 5.60 Å². The molecule has 2 heterocycles. The Labute approximate surface area is 125 Å². The summed E-state index contributed by atoms with van der Waals surface area (Å²) in [7, 11) is 0. The summed E-state index contributed by atoms with van der Waals surface area (Å²) in [5, 5.41) is 14.1. The van der Waals surface area contributed by atoms with Crippen molar-refractivity contribution in [1.82, 2.24) is 9.97 Å². The standard InChI is InChI=1S/C14H24N4OS/c1-4-7-15-11-10-12(17-13(16-11)20-3)18-8-5-14(2,19)6-9-18/h10,19H,4-9H2,1-3H3,(H,15,16,17). The van der Waals surface area contributed by atoms with Crippen LogP contribution in [-0.2, 0) is 0 Å². The van der Waals surface area contributed by atoms with E-state index in [1.54, 1.807) is 11.8 Å². The maximum absolute atomic E-state index is 10.0. The van der Waals surface area contributed by atoms with E-state index in [1.807, 2.05) is 19.2 Å². The zero-order valence-corrected chi connectivity index (χ0v) is 13.3. The van der Waals surface area contributed by atoms with Gasteiger partial charge in [-0.3, -0.25) is 0 Å². The van der Waals surface area contributed by atoms with E-state index in [1.165, 1.54) is 0 Å². The zero-order chi connectivity index (χ0) is 14.6. The van der Waals surface area contributed by atoms with Crippen molar-refractivity contribution in [2.24, 2.45) is 0 Å². The van der Waals surface area contributed by atoms with Gasteiger partial charge in [-0.25, -0.2) is 9.97 Å². The van der Waals surface area contributed by atoms with Gasteiger partial charge in [-0.2, -0.15) is 0 Å². The van der Waals surface area contributed by atoms with Crippen LogP contribution in [0, 0.1) is 0 Å². The summed E-state index contributed by atoms with van der Waals surface area (Å²) in [5.41, 5.74) is -0.533. The van der Waals surface area contributed by atoms with E-state index in [9.17, 15) is 5.11 Å². The fourth-order valence-electron chi connectivity index (χ4n) is 2.23. The first-order chi connectivity index (χ1) is 9.54. The smallest absolute Gasteiger partial charge is 0.191 e. The molecule has 1 aromatic rings. The van der Waals surface area contributed by atoms with E-state index in [2.05, 4.69) is 27.1 Å². The first-order valence-corrected chi connectivity index (χ1v) is 8.41. The molecule has 2 N–H and O–H groups in total. The first kappa shape index (κ1) is 15.4. The van der Waals surface area contributed by atoms with Crippen molar-refractivity contribution in [3.8, 4) is 0 Å². The molecule has 1 saturated heterocycles. The van der Waals surface area contributed by atoms with Crippen LogP contribution in [-0.4, -0.2) is 46.6 Å². The largest absolute Gasteiger partial charge is 0.390 e. The van der Waals surface area contributed by atoms with Gasteiger partial charge in [-0.05, 0) is 32.4 Å². The third kappa shape index (κ3) is 3.99. The average Bonchev–Trinajstić information content (AvgIpc) is 2.44. The molecule has 2 rings (SSSR count). The lowest BCUT2D eigenvalue weighted by Crippen LogP contribution is -2.42. The summed E-state index contributed by atoms with van der Waals surface area (Å²) in [5.74, 6) is 1.84. The minimum atomic E-state index is -0.533. The van der Waals surface area contributed by atoms with Crippen molar-refractivity contribution in [2.45, 2.75) is 43.9 Å². The Morgan fingerprint density at radius 2 is 2.10 bits per heavy atom. The van der Waals surface area contributed by atoms with Crippen LogP contribution >= 0.6 is 11.8 Å². The monoisotopic (exact) mass is 296 g/mol. The summed E-state index contributed by atoms with van der Waals surface area (Å²) in [4.78, 5) is 11.3. The molecular formula is C14H24N4OS. The SMILES string of the molecule is CCCNc1cc(N2CCC(C)(O)CC2)nc(SC)n1. The number of rotatable bonds is 5. The van der Waals surface area contributed by atoms with Crippen LogP contribution in [0.1, 0.15) is 33.1 Å². The summed E-state index contributed by atoms with van der Waals surface area (Å²) in [6.07, 6.45) is 4.62. The van der Waals surface area contributed by atoms with Crippen LogP contribution in [0.2, 0.25) is 0 Å². The number of piperidine rings is 1. The van der Waals surface area contributed by atoms with E-state index in [-0.39, 0.29) is 0 Å². The van der Waals surface area contributed by atoms with E-state index in [0.29, 0.717) is 0 Å². The topological polar surface area (TPSA) is 61.3 Å². The molecule has 0 atom stereocenters. The maximum Gasteiger partial charge on any atom is 0.191 e. The third-order valence-electron chi connectivity index (χ3n) is 3.60. The molecule has 20 heavy (non-hydrogen) atoms. The van der Waals surface area contributed by atoms with Crippen molar-refractivity contribution in [3.63, 3.8) is 0 Å². The van der Waals surface area contributed by atoms with Gasteiger partial charge in [0.15, 0.2) is 5.16 Å². The fourth-order valence-corrected chi connectivity index (χ4v) is 2.60. The van der Waals surface area contributed by atoms with Gasteiger partial charge in [0.2, 0.25) is 0 Å². The van der Waals surface area contributed by atoms with Crippen LogP contribution in [0.25, 0.3) is 0 Å². The van der Waals surface area contributed by atoms with Gasteiger partial charge >= 0.3 is 0 Å². The fraction of sp³-hybridized carbons (Fsp3) is 0.714. The lowest BCUT2D eigenvalue weighted by molar-refractivity contribution is 0.0350. The van der Waals surface area contributed by atoms with Crippen LogP contribution in [0.5, 0.6) is 0 Å². The number of nitrogens with zero attached hydrogens (tertiary/aromatic N) is 3. The molecule has 0 bridgehead atoms. The molecule has 0 aliphatic carbocycles. The summed E-state index contributed by atoms with van der Waals surface area (Å²) < 4.78 is 0. The molecule has 0 aromatic carbocycles. The molecule has 0 radical (unpaired) electrons. The summed E-state index contributed by atoms with van der Waals surface area (Å²) in [6.45, 7) is 6.64. The molecule has 0 amide bonds. The number of hydrogen-bond acceptors (Lipinski definition) is 6. The highest BCUT2D eigenvalue weighted by Gasteiger charge is 2.28. The molecule has 1 aliphatic heterocycles. The average molecular weight is 296 g/mol. The van der Waals surface area contributed by atoms with Gasteiger partial charge in [0.1, 0.15) is 11.6 Å². The number of nitrogens with one attached hydrogen (secondary N) is 1. The highest BCUT2D eigenvalue weighted by molar-refractivity contribution is 7.98. The molecule has 0 spiro atoms. The summed E-state index contributed by atoms with van der Waals surface area (Å²) >= 11 is 1.56. The van der Waals surface area contributed by atoms with Gasteiger partial charge in [-0.15, -0.1) is 0 Å². The Hall–Kier alpha value is -1.01. The van der Waals surface area contributed by atoms with Crippen LogP contribution in [0.3, 0.4) is 0 Å². The highest BCUT2D eigenvalue weighted by atomic mass is 32.2. The molecular weight excluding hydrogens is 272 g/mol. The van der Waals surface area contributed by atoms with Crippen molar-refractivity contribution >= 4 is 23.4 Å². The Balaban J connectivity index is 2.14. The predicted octanol–water partition coefficient (Wildman–Crippen LogP) is 2.37. The normalized spacial score (nSPS) is 18.1. The van der Waals surface area contributed by atoms with Crippen LogP contribution in [0.15, 0.2) is 11.2 Å². The van der Waals surface area contributed by atoms with Gasteiger partial charge in [0.05, 0.1) is 5.60 Å². The van der Waals surface area contributed by atoms with Gasteiger partial charge in [-0.1, -0.05) is 18.7 Å². The number of aliphatic hydroxyl groups is 1. The van der Waals surface area contributed by atoms with Crippen LogP contribution in [0.4, 0.5) is 11.6 Å². The second-order valence-electron chi connectivity index (χ2n) is 5.51. The molecule has 0 saturated carbocycles. The maximum atomic E-state index is 10.0. The highest BCUT2D eigenvalue weighted by Crippen LogP contribution is 2.27. The van der Waals surface area contributed by atoms with Crippen LogP contribution < -0.4 is 10.2 Å². The van der Waals surface area contributed by atoms with Gasteiger partial charge in [0, 0.05) is 25.7 Å². The number of aromatic nitrogens is 2. The van der Waals surface area contributed by atoms with Crippen molar-refractivity contribution < 1.29 is 5.11 Å². The molecule has 1 aromatic heterocycles. The minimum Gasteiger partial charge on any atom is -0.390 e. The minimum absolute atomic E-state index is 0.533. The Morgan fingerprint density at radius 1 is 1.40 bits per heavy atom. The number of thioether (sulfide) groups is 1. The van der Waals surface area contributed by atoms with Gasteiger partial charge < -0.3 is 15.3 Å². The molecule has 0 unspecified atom stereocenters. The molecule has 1 aliphatic rings. The second-order valence-corrected chi connectivity index (χ2v) is 6.28. The quantitative estimate of drug-likeness (QED) is 0.642. The van der Waals surface area contributed by atoms with E-state index in [4.69, 9.17) is 0 Å². The van der Waals surface area contributed by atoms with E-state index >= 15 is 0 Å². The van der Waals surface area contributed by atoms with Crippen molar-refractivity contribution in [2.75, 3.05) is 36.1 Å². The summed E-state index contributed by atoms with van der Waals surface area (Å²) in [6, 6.07) is 2.01. The van der Waals surface area contributed by atoms with Crippen molar-refractivity contribution in [1.29, 1.82) is 0 Å². The van der Waals surface area contributed by atoms with Crippen molar-refractivity contribution in [3.05, 3.63) is 6.07 Å². The molecule has 6 heteroatoms. The predicted molar refractivity (Wildman–Crippen MR) is 84.7 cm³/mol. The van der Waals surface area contributed by atoms with Gasteiger partial charge in [0.25, 0.3) is 0 Å². The second kappa shape index (κ2) is 6.63. The lowest BCUT2D eigenvalue weighted by Gasteiger charge is -2.36. The number of anilines is 2. The van der Waals surface area contributed by atoms with E-state index in [0.717, 1.165) is 55.7 Å². The Bertz CT molecular complexity index is 443. The third-order valence-corrected chi connectivity index (χ3v) is 4.14. The lowest BCUT2D eigenvalue weighted by atomic mass is 9.94. The Morgan fingerprint density at radius 3 is 2.70 bits per heavy atom. The first-order valence-electron chi connectivity index (χ1n) is 7.18. The molecule has 112 valence electrons. The molecule has 5 nitrogen and oxygen atoms in total.